The summed E-state index contributed by atoms with van der Waals surface area (Å²) in [5.74, 6) is -1.08. The molecule has 2 heterocycles. The molecule has 0 saturated carbocycles. The predicted molar refractivity (Wildman–Crippen MR) is 131 cm³/mol. The van der Waals surface area contributed by atoms with Crippen LogP contribution >= 0.6 is 0 Å². The summed E-state index contributed by atoms with van der Waals surface area (Å²) >= 11 is 0. The van der Waals surface area contributed by atoms with E-state index in [0.29, 0.717) is 16.9 Å². The molecule has 3 aromatic rings. The van der Waals surface area contributed by atoms with Crippen molar-refractivity contribution in [3.63, 3.8) is 0 Å². The number of rotatable bonds is 8. The number of amides is 3. The summed E-state index contributed by atoms with van der Waals surface area (Å²) in [5, 5.41) is 0. The molecule has 0 bridgehead atoms. The maximum absolute atomic E-state index is 14.2. The molecule has 0 aliphatic carbocycles. The summed E-state index contributed by atoms with van der Waals surface area (Å²) in [6, 6.07) is 16.2. The van der Waals surface area contributed by atoms with Gasteiger partial charge in [-0.3, -0.25) is 24.3 Å². The Morgan fingerprint density at radius 3 is 2.56 bits per heavy atom. The fraction of sp³-hybridized carbons (Fsp3) is 0.286. The zero-order valence-corrected chi connectivity index (χ0v) is 20.5. The van der Waals surface area contributed by atoms with E-state index >= 15 is 0 Å². The van der Waals surface area contributed by atoms with Crippen LogP contribution in [-0.4, -0.2) is 46.7 Å². The van der Waals surface area contributed by atoms with Crippen molar-refractivity contribution in [1.29, 1.82) is 0 Å². The number of benzene rings is 2. The molecule has 3 amide bonds. The molecule has 0 spiro atoms. The van der Waals surface area contributed by atoms with E-state index in [0.717, 1.165) is 10.5 Å². The minimum Gasteiger partial charge on any atom is -0.497 e. The Labute approximate surface area is 209 Å². The lowest BCUT2D eigenvalue weighted by Crippen LogP contribution is -2.43. The summed E-state index contributed by atoms with van der Waals surface area (Å²) in [6.07, 6.45) is 2.71. The van der Waals surface area contributed by atoms with Gasteiger partial charge in [0.15, 0.2) is 0 Å². The smallest absolute Gasteiger partial charge is 0.241 e. The highest BCUT2D eigenvalue weighted by atomic mass is 19.1. The van der Waals surface area contributed by atoms with E-state index in [1.54, 1.807) is 49.7 Å². The predicted octanol–water partition coefficient (Wildman–Crippen LogP) is 4.04. The van der Waals surface area contributed by atoms with Gasteiger partial charge in [0.1, 0.15) is 11.6 Å². The molecule has 1 aromatic heterocycles. The molecule has 4 rings (SSSR count). The van der Waals surface area contributed by atoms with Gasteiger partial charge in [-0.15, -0.1) is 0 Å². The lowest BCUT2D eigenvalue weighted by atomic mass is 9.75. The summed E-state index contributed by atoms with van der Waals surface area (Å²) in [6.45, 7) is 1.92. The van der Waals surface area contributed by atoms with Gasteiger partial charge >= 0.3 is 0 Å². The van der Waals surface area contributed by atoms with Gasteiger partial charge in [-0.1, -0.05) is 30.3 Å². The average molecular weight is 490 g/mol. The second kappa shape index (κ2) is 10.3. The number of carbonyl (C=O) groups is 3. The van der Waals surface area contributed by atoms with E-state index in [2.05, 4.69) is 4.98 Å². The fourth-order valence-electron chi connectivity index (χ4n) is 4.59. The molecule has 0 N–H and O–H groups in total. The number of pyridine rings is 1. The number of imide groups is 1. The van der Waals surface area contributed by atoms with Gasteiger partial charge < -0.3 is 9.64 Å². The standard InChI is InChI=1S/C28H28FN3O4/c1-19(21-9-11-24(36-3)12-10-21)31(2)25(33)15-28(22-7-4-8-23(29)14-22)16-26(34)32(27(28)35)18-20-6-5-13-30-17-20/h4-14,17,19H,15-16,18H2,1-3H3/t19-,28-/m1/s1. The van der Waals surface area contributed by atoms with Gasteiger partial charge in [0.2, 0.25) is 17.7 Å². The zero-order valence-electron chi connectivity index (χ0n) is 20.5. The molecule has 2 aromatic carbocycles. The first kappa shape index (κ1) is 25.0. The van der Waals surface area contributed by atoms with Crippen LogP contribution in [0, 0.1) is 5.82 Å². The van der Waals surface area contributed by atoms with Gasteiger partial charge in [-0.25, -0.2) is 4.39 Å². The molecular formula is C28H28FN3O4. The first-order chi connectivity index (χ1) is 17.2. The minimum absolute atomic E-state index is 0.0366. The third-order valence-corrected chi connectivity index (χ3v) is 6.87. The normalized spacial score (nSPS) is 18.3. The molecule has 186 valence electrons. The van der Waals surface area contributed by atoms with Gasteiger partial charge in [-0.05, 0) is 53.9 Å². The lowest BCUT2D eigenvalue weighted by molar-refractivity contribution is -0.143. The third-order valence-electron chi connectivity index (χ3n) is 6.87. The molecule has 1 aliphatic heterocycles. The van der Waals surface area contributed by atoms with E-state index in [1.807, 2.05) is 31.2 Å². The van der Waals surface area contributed by atoms with E-state index in [9.17, 15) is 18.8 Å². The highest BCUT2D eigenvalue weighted by molar-refractivity contribution is 6.10. The number of hydrogen-bond acceptors (Lipinski definition) is 5. The second-order valence-corrected chi connectivity index (χ2v) is 9.05. The molecule has 2 atom stereocenters. The molecular weight excluding hydrogens is 461 g/mol. The highest BCUT2D eigenvalue weighted by Gasteiger charge is 2.54. The summed E-state index contributed by atoms with van der Waals surface area (Å²) < 4.78 is 19.4. The number of halogens is 1. The largest absolute Gasteiger partial charge is 0.497 e. The number of ether oxygens (including phenoxy) is 1. The number of carbonyl (C=O) groups excluding carboxylic acids is 3. The number of hydrogen-bond donors (Lipinski definition) is 0. The molecule has 8 heteroatoms. The minimum atomic E-state index is -1.49. The van der Waals surface area contributed by atoms with Gasteiger partial charge in [0, 0.05) is 32.3 Å². The molecule has 1 aliphatic rings. The Morgan fingerprint density at radius 2 is 1.92 bits per heavy atom. The van der Waals surface area contributed by atoms with Crippen molar-refractivity contribution in [2.75, 3.05) is 14.2 Å². The van der Waals surface area contributed by atoms with Crippen LogP contribution in [0.5, 0.6) is 5.75 Å². The van der Waals surface area contributed by atoms with Crippen molar-refractivity contribution in [3.8, 4) is 5.75 Å². The van der Waals surface area contributed by atoms with Crippen molar-refractivity contribution in [2.45, 2.75) is 37.8 Å². The van der Waals surface area contributed by atoms with Crippen LogP contribution in [0.3, 0.4) is 0 Å². The molecule has 1 saturated heterocycles. The summed E-state index contributed by atoms with van der Waals surface area (Å²) in [5.41, 5.74) is 0.393. The average Bonchev–Trinajstić information content (AvgIpc) is 3.13. The van der Waals surface area contributed by atoms with Crippen LogP contribution in [0.15, 0.2) is 73.1 Å². The Kier molecular flexibility index (Phi) is 7.15. The van der Waals surface area contributed by atoms with Crippen molar-refractivity contribution < 1.29 is 23.5 Å². The summed E-state index contributed by atoms with van der Waals surface area (Å²) in [4.78, 5) is 47.2. The Bertz CT molecular complexity index is 1270. The Hall–Kier alpha value is -4.07. The first-order valence-corrected chi connectivity index (χ1v) is 11.6. The number of nitrogens with zero attached hydrogens (tertiary/aromatic N) is 3. The van der Waals surface area contributed by atoms with Crippen LogP contribution < -0.4 is 4.74 Å². The molecule has 0 radical (unpaired) electrons. The van der Waals surface area contributed by atoms with Crippen LogP contribution in [0.4, 0.5) is 4.39 Å². The van der Waals surface area contributed by atoms with E-state index in [1.165, 1.54) is 18.2 Å². The monoisotopic (exact) mass is 489 g/mol. The highest BCUT2D eigenvalue weighted by Crippen LogP contribution is 2.41. The van der Waals surface area contributed by atoms with Crippen LogP contribution in [0.1, 0.15) is 42.5 Å². The van der Waals surface area contributed by atoms with Crippen molar-refractivity contribution in [2.24, 2.45) is 0 Å². The van der Waals surface area contributed by atoms with Crippen LogP contribution in [0.25, 0.3) is 0 Å². The van der Waals surface area contributed by atoms with E-state index in [4.69, 9.17) is 4.74 Å². The summed E-state index contributed by atoms with van der Waals surface area (Å²) in [7, 11) is 3.24. The Morgan fingerprint density at radius 1 is 1.17 bits per heavy atom. The number of methoxy groups -OCH3 is 1. The quantitative estimate of drug-likeness (QED) is 0.447. The lowest BCUT2D eigenvalue weighted by Gasteiger charge is -2.32. The molecule has 0 unspecified atom stereocenters. The maximum atomic E-state index is 14.2. The SMILES string of the molecule is COc1ccc([C@@H](C)N(C)C(=O)C[C@]2(c3cccc(F)c3)CC(=O)N(Cc3cccnc3)C2=O)cc1. The zero-order chi connectivity index (χ0) is 25.9. The number of aromatic nitrogens is 1. The molecule has 7 nitrogen and oxygen atoms in total. The third kappa shape index (κ3) is 4.84. The van der Waals surface area contributed by atoms with Crippen molar-refractivity contribution in [1.82, 2.24) is 14.8 Å². The van der Waals surface area contributed by atoms with E-state index < -0.39 is 23.0 Å². The van der Waals surface area contributed by atoms with Gasteiger partial charge in [0.05, 0.1) is 25.1 Å². The van der Waals surface area contributed by atoms with Gasteiger partial charge in [-0.2, -0.15) is 0 Å². The second-order valence-electron chi connectivity index (χ2n) is 9.05. The van der Waals surface area contributed by atoms with Crippen molar-refractivity contribution in [3.05, 3.63) is 95.6 Å². The number of likely N-dealkylation sites (tertiary alicyclic amines) is 1. The fourth-order valence-corrected chi connectivity index (χ4v) is 4.59. The molecule has 36 heavy (non-hydrogen) atoms. The Balaban J connectivity index is 1.64. The maximum Gasteiger partial charge on any atom is 0.241 e. The first-order valence-electron chi connectivity index (χ1n) is 11.6. The van der Waals surface area contributed by atoms with Crippen molar-refractivity contribution >= 4 is 17.7 Å². The van der Waals surface area contributed by atoms with Crippen LogP contribution in [-0.2, 0) is 26.3 Å². The van der Waals surface area contributed by atoms with Crippen LogP contribution in [0.2, 0.25) is 0 Å². The van der Waals surface area contributed by atoms with E-state index in [-0.39, 0.29) is 31.3 Å². The molecule has 1 fully saturated rings. The topological polar surface area (TPSA) is 79.8 Å². The van der Waals surface area contributed by atoms with Gasteiger partial charge in [0.25, 0.3) is 0 Å².